The lowest BCUT2D eigenvalue weighted by Crippen LogP contribution is -2.25. The molecule has 0 aromatic carbocycles. The highest BCUT2D eigenvalue weighted by Crippen LogP contribution is 2.27. The zero-order chi connectivity index (χ0) is 19.5. The van der Waals surface area contributed by atoms with Gasteiger partial charge in [0.05, 0.1) is 12.2 Å². The maximum atomic E-state index is 12.7. The highest BCUT2D eigenvalue weighted by Gasteiger charge is 2.19. The molecular formula is C21H20N4O3. The highest BCUT2D eigenvalue weighted by atomic mass is 16.5. The first-order chi connectivity index (χ1) is 13.6. The molecule has 3 heterocycles. The summed E-state index contributed by atoms with van der Waals surface area (Å²) in [7, 11) is 0. The van der Waals surface area contributed by atoms with Crippen molar-refractivity contribution in [1.82, 2.24) is 19.5 Å². The van der Waals surface area contributed by atoms with Crippen molar-refractivity contribution in [3.05, 3.63) is 70.3 Å². The second-order valence-electron chi connectivity index (χ2n) is 6.78. The van der Waals surface area contributed by atoms with Gasteiger partial charge in [-0.2, -0.15) is 0 Å². The van der Waals surface area contributed by atoms with E-state index >= 15 is 0 Å². The molecule has 0 aliphatic heterocycles. The number of oxazole rings is 1. The van der Waals surface area contributed by atoms with Crippen LogP contribution in [0.3, 0.4) is 0 Å². The molecule has 7 nitrogen and oxygen atoms in total. The number of hydrogen-bond acceptors (Lipinski definition) is 6. The van der Waals surface area contributed by atoms with Crippen LogP contribution >= 0.6 is 0 Å². The maximum Gasteiger partial charge on any atom is 0.273 e. The lowest BCUT2D eigenvalue weighted by molar-refractivity contribution is 0.293. The van der Waals surface area contributed by atoms with E-state index in [1.807, 2.05) is 19.9 Å². The van der Waals surface area contributed by atoms with Crippen molar-refractivity contribution >= 4 is 0 Å². The van der Waals surface area contributed by atoms with Gasteiger partial charge in [-0.3, -0.25) is 4.79 Å². The molecular weight excluding hydrogens is 356 g/mol. The molecule has 0 amide bonds. The zero-order valence-electron chi connectivity index (χ0n) is 15.8. The summed E-state index contributed by atoms with van der Waals surface area (Å²) in [6.45, 7) is 3.95. The summed E-state index contributed by atoms with van der Waals surface area (Å²) in [5.41, 5.74) is 0.574. The smallest absolute Gasteiger partial charge is 0.273 e. The van der Waals surface area contributed by atoms with Crippen LogP contribution < -0.4 is 10.3 Å². The number of aromatic nitrogens is 4. The van der Waals surface area contributed by atoms with Gasteiger partial charge in [0.15, 0.2) is 5.82 Å². The molecule has 142 valence electrons. The molecule has 0 unspecified atom stereocenters. The minimum absolute atomic E-state index is 0.182. The molecule has 0 spiro atoms. The van der Waals surface area contributed by atoms with Crippen molar-refractivity contribution in [2.24, 2.45) is 5.92 Å². The molecule has 1 fully saturated rings. The Bertz CT molecular complexity index is 1090. The van der Waals surface area contributed by atoms with Gasteiger partial charge in [-0.05, 0) is 44.7 Å². The fourth-order valence-corrected chi connectivity index (χ4v) is 2.87. The summed E-state index contributed by atoms with van der Waals surface area (Å²) in [6.07, 6.45) is 7.23. The molecule has 7 heteroatoms. The molecule has 0 saturated heterocycles. The summed E-state index contributed by atoms with van der Waals surface area (Å²) < 4.78 is 13.0. The number of pyridine rings is 1. The first kappa shape index (κ1) is 18.0. The Hall–Kier alpha value is -3.40. The number of rotatable bonds is 5. The molecule has 1 atom stereocenters. The van der Waals surface area contributed by atoms with Crippen LogP contribution in [0.5, 0.6) is 5.75 Å². The van der Waals surface area contributed by atoms with Gasteiger partial charge in [0.1, 0.15) is 18.1 Å². The third kappa shape index (κ3) is 4.12. The number of hydrogen-bond donors (Lipinski definition) is 0. The van der Waals surface area contributed by atoms with E-state index in [0.29, 0.717) is 29.1 Å². The molecule has 3 aromatic rings. The van der Waals surface area contributed by atoms with Gasteiger partial charge < -0.3 is 13.7 Å². The van der Waals surface area contributed by atoms with Gasteiger partial charge in [-0.15, -0.1) is 0 Å². The van der Waals surface area contributed by atoms with Gasteiger partial charge >= 0.3 is 0 Å². The summed E-state index contributed by atoms with van der Waals surface area (Å²) >= 11 is 0. The number of nitrogens with zero attached hydrogens (tertiary/aromatic N) is 4. The Morgan fingerprint density at radius 3 is 2.79 bits per heavy atom. The Kier molecular flexibility index (Phi) is 4.94. The van der Waals surface area contributed by atoms with Crippen LogP contribution in [0.25, 0.3) is 0 Å². The van der Waals surface area contributed by atoms with E-state index in [0.717, 1.165) is 18.5 Å². The maximum absolute atomic E-state index is 12.7. The molecule has 1 aliphatic rings. The highest BCUT2D eigenvalue weighted by molar-refractivity contribution is 5.26. The molecule has 1 saturated carbocycles. The van der Waals surface area contributed by atoms with E-state index in [1.165, 1.54) is 6.07 Å². The minimum atomic E-state index is -0.303. The topological polar surface area (TPSA) is 83.0 Å². The predicted octanol–water partition coefficient (Wildman–Crippen LogP) is 2.88. The van der Waals surface area contributed by atoms with Crippen molar-refractivity contribution in [2.45, 2.75) is 39.3 Å². The minimum Gasteiger partial charge on any atom is -0.485 e. The van der Waals surface area contributed by atoms with Crippen molar-refractivity contribution in [3.8, 4) is 17.6 Å². The second kappa shape index (κ2) is 7.69. The molecule has 4 rings (SSSR count). The largest absolute Gasteiger partial charge is 0.485 e. The predicted molar refractivity (Wildman–Crippen MR) is 102 cm³/mol. The van der Waals surface area contributed by atoms with Crippen LogP contribution in [0.15, 0.2) is 46.0 Å². The zero-order valence-corrected chi connectivity index (χ0v) is 15.8. The molecule has 28 heavy (non-hydrogen) atoms. The number of aryl methyl sites for hydroxylation is 1. The van der Waals surface area contributed by atoms with Crippen LogP contribution in [-0.2, 0) is 6.61 Å². The van der Waals surface area contributed by atoms with Crippen LogP contribution in [-0.4, -0.2) is 19.5 Å². The fourth-order valence-electron chi connectivity index (χ4n) is 2.87. The third-order valence-corrected chi connectivity index (χ3v) is 4.50. The van der Waals surface area contributed by atoms with Gasteiger partial charge in [0, 0.05) is 30.1 Å². The Balaban J connectivity index is 1.51. The SMILES string of the molecule is Cc1cc(OCc2ncccn2)cc(=O)n1[C@H](C)c1cnc(C#CC2CC2)o1. The standard InChI is InChI=1S/C21H20N4O3/c1-14-10-17(27-13-19-22-8-3-9-23-19)11-21(26)25(14)15(2)18-12-24-20(28-18)7-6-16-4-5-16/h3,8-12,15-16H,4-5,13H2,1-2H3/t15-/m1/s1. The van der Waals surface area contributed by atoms with Gasteiger partial charge in [0.25, 0.3) is 11.4 Å². The quantitative estimate of drug-likeness (QED) is 0.637. The molecule has 0 radical (unpaired) electrons. The average molecular weight is 376 g/mol. The van der Waals surface area contributed by atoms with Gasteiger partial charge in [0.2, 0.25) is 0 Å². The average Bonchev–Trinajstić information content (AvgIpc) is 3.40. The molecule has 3 aromatic heterocycles. The Morgan fingerprint density at radius 2 is 2.07 bits per heavy atom. The van der Waals surface area contributed by atoms with E-state index in [2.05, 4.69) is 26.8 Å². The Morgan fingerprint density at radius 1 is 1.29 bits per heavy atom. The first-order valence-electron chi connectivity index (χ1n) is 9.19. The van der Waals surface area contributed by atoms with Crippen molar-refractivity contribution in [2.75, 3.05) is 0 Å². The van der Waals surface area contributed by atoms with Crippen molar-refractivity contribution in [3.63, 3.8) is 0 Å². The number of ether oxygens (including phenoxy) is 1. The molecule has 0 N–H and O–H groups in total. The van der Waals surface area contributed by atoms with E-state index in [-0.39, 0.29) is 18.2 Å². The van der Waals surface area contributed by atoms with Gasteiger partial charge in [-0.1, -0.05) is 5.92 Å². The summed E-state index contributed by atoms with van der Waals surface area (Å²) in [4.78, 5) is 25.1. The third-order valence-electron chi connectivity index (χ3n) is 4.50. The lowest BCUT2D eigenvalue weighted by atomic mass is 10.2. The Labute approximate surface area is 162 Å². The van der Waals surface area contributed by atoms with Crippen LogP contribution in [0, 0.1) is 24.7 Å². The van der Waals surface area contributed by atoms with Crippen LogP contribution in [0.2, 0.25) is 0 Å². The van der Waals surface area contributed by atoms with Crippen molar-refractivity contribution < 1.29 is 9.15 Å². The summed E-state index contributed by atoms with van der Waals surface area (Å²) in [5, 5.41) is 0. The lowest BCUT2D eigenvalue weighted by Gasteiger charge is -2.16. The van der Waals surface area contributed by atoms with E-state index in [9.17, 15) is 4.79 Å². The van der Waals surface area contributed by atoms with Crippen molar-refractivity contribution in [1.29, 1.82) is 0 Å². The molecule has 1 aliphatic carbocycles. The van der Waals surface area contributed by atoms with E-state index < -0.39 is 0 Å². The summed E-state index contributed by atoms with van der Waals surface area (Å²) in [6, 6.07) is 4.70. The molecule has 0 bridgehead atoms. The van der Waals surface area contributed by atoms with Crippen LogP contribution in [0.4, 0.5) is 0 Å². The monoisotopic (exact) mass is 376 g/mol. The van der Waals surface area contributed by atoms with E-state index in [1.54, 1.807) is 29.2 Å². The second-order valence-corrected chi connectivity index (χ2v) is 6.78. The van der Waals surface area contributed by atoms with E-state index in [4.69, 9.17) is 9.15 Å². The van der Waals surface area contributed by atoms with Crippen LogP contribution in [0.1, 0.15) is 49.0 Å². The summed E-state index contributed by atoms with van der Waals surface area (Å²) in [5.74, 6) is 8.57. The fraction of sp³-hybridized carbons (Fsp3) is 0.333. The normalized spacial score (nSPS) is 14.2. The van der Waals surface area contributed by atoms with Gasteiger partial charge in [-0.25, -0.2) is 15.0 Å². The first-order valence-corrected chi connectivity index (χ1v) is 9.19.